The lowest BCUT2D eigenvalue weighted by Crippen LogP contribution is -2.33. The van der Waals surface area contributed by atoms with Crippen LogP contribution in [0.1, 0.15) is 71.9 Å². The summed E-state index contributed by atoms with van der Waals surface area (Å²) in [4.78, 5) is 0. The molecule has 0 amide bonds. The van der Waals surface area contributed by atoms with Crippen LogP contribution in [0.5, 0.6) is 23.0 Å². The van der Waals surface area contributed by atoms with E-state index in [9.17, 15) is 26.3 Å². The SMILES string of the molecule is CCc1ccc(C2CCC(c3ccc(Oc4ccc(N)cc4)c(C(F)(F)F)c3)(c3ccc(Oc4ccc(N)cc4)c(C(F)(F)F)c3)CC2)cc1. The number of ether oxygens (including phenoxy) is 2. The lowest BCUT2D eigenvalue weighted by Gasteiger charge is -2.42. The van der Waals surface area contributed by atoms with Crippen molar-refractivity contribution in [3.05, 3.63) is 143 Å². The summed E-state index contributed by atoms with van der Waals surface area (Å²) in [7, 11) is 0. The Bertz CT molecular complexity index is 1820. The molecule has 260 valence electrons. The highest BCUT2D eigenvalue weighted by molar-refractivity contribution is 5.53. The van der Waals surface area contributed by atoms with Crippen LogP contribution in [0.25, 0.3) is 0 Å². The third kappa shape index (κ3) is 7.39. The van der Waals surface area contributed by atoms with Gasteiger partial charge in [-0.05, 0) is 133 Å². The second kappa shape index (κ2) is 13.7. The Morgan fingerprint density at radius 1 is 0.600 bits per heavy atom. The maximum atomic E-state index is 14.7. The standard InChI is InChI=1S/C40H36F6N2O2/c1-2-25-3-5-26(6-4-25)27-19-21-38(22-20-27,28-7-17-36(34(23-28)39(41,42)43)49-32-13-9-30(47)10-14-32)29-8-18-37(35(24-29)40(44,45)46)50-33-15-11-31(48)12-16-33/h3-18,23-24,27H,2,19-22,47-48H2,1H3. The highest BCUT2D eigenvalue weighted by Crippen LogP contribution is 2.52. The Hall–Kier alpha value is -5.12. The van der Waals surface area contributed by atoms with E-state index in [-0.39, 0.29) is 28.5 Å². The van der Waals surface area contributed by atoms with Crippen molar-refractivity contribution in [2.75, 3.05) is 11.5 Å². The van der Waals surface area contributed by atoms with Gasteiger partial charge in [-0.2, -0.15) is 26.3 Å². The van der Waals surface area contributed by atoms with Gasteiger partial charge in [0.15, 0.2) is 0 Å². The second-order valence-electron chi connectivity index (χ2n) is 12.7. The number of hydrogen-bond donors (Lipinski definition) is 2. The number of nitrogens with two attached hydrogens (primary N) is 2. The van der Waals surface area contributed by atoms with Gasteiger partial charge in [-0.25, -0.2) is 0 Å². The van der Waals surface area contributed by atoms with E-state index in [0.29, 0.717) is 37.1 Å². The van der Waals surface area contributed by atoms with E-state index in [0.717, 1.165) is 24.1 Å². The van der Waals surface area contributed by atoms with E-state index >= 15 is 0 Å². The summed E-state index contributed by atoms with van der Waals surface area (Å²) in [5.74, 6) is -0.427. The van der Waals surface area contributed by atoms with Crippen molar-refractivity contribution in [3.63, 3.8) is 0 Å². The summed E-state index contributed by atoms with van der Waals surface area (Å²) in [6, 6.07) is 27.7. The Morgan fingerprint density at radius 2 is 1.02 bits per heavy atom. The summed E-state index contributed by atoms with van der Waals surface area (Å²) in [6.07, 6.45) is -6.99. The van der Waals surface area contributed by atoms with Gasteiger partial charge in [-0.15, -0.1) is 0 Å². The summed E-state index contributed by atoms with van der Waals surface area (Å²) in [6.45, 7) is 2.06. The van der Waals surface area contributed by atoms with E-state index in [2.05, 4.69) is 31.2 Å². The fourth-order valence-corrected chi connectivity index (χ4v) is 6.82. The lowest BCUT2D eigenvalue weighted by atomic mass is 9.62. The van der Waals surface area contributed by atoms with Crippen LogP contribution in [0.15, 0.2) is 109 Å². The number of rotatable bonds is 8. The number of anilines is 2. The van der Waals surface area contributed by atoms with Crippen molar-refractivity contribution in [1.82, 2.24) is 0 Å². The fraction of sp³-hybridized carbons (Fsp3) is 0.250. The molecule has 5 aromatic rings. The third-order valence-corrected chi connectivity index (χ3v) is 9.59. The van der Waals surface area contributed by atoms with Gasteiger partial charge < -0.3 is 20.9 Å². The molecule has 0 spiro atoms. The van der Waals surface area contributed by atoms with Crippen LogP contribution < -0.4 is 20.9 Å². The van der Waals surface area contributed by atoms with E-state index < -0.39 is 40.4 Å². The van der Waals surface area contributed by atoms with Crippen molar-refractivity contribution in [2.45, 2.75) is 62.7 Å². The highest BCUT2D eigenvalue weighted by Gasteiger charge is 2.44. The maximum absolute atomic E-state index is 14.7. The first-order valence-electron chi connectivity index (χ1n) is 16.3. The van der Waals surface area contributed by atoms with E-state index in [1.165, 1.54) is 78.4 Å². The smallest absolute Gasteiger partial charge is 0.419 e. The van der Waals surface area contributed by atoms with Crippen LogP contribution in [0, 0.1) is 0 Å². The van der Waals surface area contributed by atoms with Crippen molar-refractivity contribution in [1.29, 1.82) is 0 Å². The molecule has 0 aliphatic heterocycles. The Balaban J connectivity index is 1.44. The van der Waals surface area contributed by atoms with Crippen molar-refractivity contribution in [3.8, 4) is 23.0 Å². The van der Waals surface area contributed by atoms with Gasteiger partial charge in [0.1, 0.15) is 23.0 Å². The van der Waals surface area contributed by atoms with Crippen LogP contribution in [0.3, 0.4) is 0 Å². The molecule has 0 radical (unpaired) electrons. The zero-order chi connectivity index (χ0) is 35.7. The molecule has 0 atom stereocenters. The van der Waals surface area contributed by atoms with Gasteiger partial charge >= 0.3 is 12.4 Å². The third-order valence-electron chi connectivity index (χ3n) is 9.59. The quantitative estimate of drug-likeness (QED) is 0.126. The minimum absolute atomic E-state index is 0.0967. The van der Waals surface area contributed by atoms with Crippen molar-refractivity contribution >= 4 is 11.4 Å². The van der Waals surface area contributed by atoms with Gasteiger partial charge in [-0.3, -0.25) is 0 Å². The lowest BCUT2D eigenvalue weighted by molar-refractivity contribution is -0.139. The minimum atomic E-state index is -4.81. The van der Waals surface area contributed by atoms with E-state index in [1.54, 1.807) is 0 Å². The summed E-state index contributed by atoms with van der Waals surface area (Å²) < 4.78 is 99.3. The van der Waals surface area contributed by atoms with E-state index in [4.69, 9.17) is 20.9 Å². The largest absolute Gasteiger partial charge is 0.457 e. The number of hydrogen-bond acceptors (Lipinski definition) is 4. The van der Waals surface area contributed by atoms with Gasteiger partial charge in [0, 0.05) is 16.8 Å². The molecule has 6 rings (SSSR count). The molecule has 1 aliphatic rings. The predicted molar refractivity (Wildman–Crippen MR) is 183 cm³/mol. The Labute approximate surface area is 286 Å². The van der Waals surface area contributed by atoms with Crippen molar-refractivity contribution < 1.29 is 35.8 Å². The first-order valence-corrected chi connectivity index (χ1v) is 16.3. The molecule has 10 heteroatoms. The molecule has 50 heavy (non-hydrogen) atoms. The van der Waals surface area contributed by atoms with Crippen LogP contribution in [0.4, 0.5) is 37.7 Å². The summed E-state index contributed by atoms with van der Waals surface area (Å²) >= 11 is 0. The van der Waals surface area contributed by atoms with Crippen LogP contribution in [0.2, 0.25) is 0 Å². The molecule has 1 saturated carbocycles. The number of nitrogen functional groups attached to an aromatic ring is 2. The molecule has 0 unspecified atom stereocenters. The molecule has 5 aromatic carbocycles. The van der Waals surface area contributed by atoms with Crippen molar-refractivity contribution in [2.24, 2.45) is 0 Å². The average Bonchev–Trinajstić information content (AvgIpc) is 3.10. The maximum Gasteiger partial charge on any atom is 0.419 e. The molecule has 0 aromatic heterocycles. The first-order chi connectivity index (χ1) is 23.7. The van der Waals surface area contributed by atoms with Gasteiger partial charge in [0.05, 0.1) is 11.1 Å². The zero-order valence-corrected chi connectivity index (χ0v) is 27.2. The monoisotopic (exact) mass is 690 g/mol. The second-order valence-corrected chi connectivity index (χ2v) is 12.7. The van der Waals surface area contributed by atoms with Crippen LogP contribution >= 0.6 is 0 Å². The topological polar surface area (TPSA) is 70.5 Å². The molecule has 1 fully saturated rings. The molecule has 0 saturated heterocycles. The predicted octanol–water partition coefficient (Wildman–Crippen LogP) is 11.7. The minimum Gasteiger partial charge on any atom is -0.457 e. The van der Waals surface area contributed by atoms with Gasteiger partial charge in [0.2, 0.25) is 0 Å². The molecule has 1 aliphatic carbocycles. The molecule has 4 nitrogen and oxygen atoms in total. The average molecular weight is 691 g/mol. The number of halogens is 6. The molecular formula is C40H36F6N2O2. The molecule has 0 heterocycles. The van der Waals surface area contributed by atoms with Crippen LogP contribution in [-0.4, -0.2) is 0 Å². The number of benzene rings is 5. The zero-order valence-electron chi connectivity index (χ0n) is 27.2. The summed E-state index contributed by atoms with van der Waals surface area (Å²) in [5.41, 5.74) is 11.9. The van der Waals surface area contributed by atoms with Crippen LogP contribution in [-0.2, 0) is 24.2 Å². The van der Waals surface area contributed by atoms with E-state index in [1.807, 2.05) is 0 Å². The van der Waals surface area contributed by atoms with Gasteiger partial charge in [-0.1, -0.05) is 43.3 Å². The number of alkyl halides is 6. The normalized spacial score (nSPS) is 15.1. The molecule has 4 N–H and O–H groups in total. The Kier molecular flexibility index (Phi) is 9.48. The first kappa shape index (κ1) is 34.7. The van der Waals surface area contributed by atoms with Gasteiger partial charge in [0.25, 0.3) is 0 Å². The molecular weight excluding hydrogens is 654 g/mol. The Morgan fingerprint density at radius 3 is 1.40 bits per heavy atom. The number of aryl methyl sites for hydroxylation is 1. The highest BCUT2D eigenvalue weighted by atomic mass is 19.4. The summed E-state index contributed by atoms with van der Waals surface area (Å²) in [5, 5.41) is 0. The molecule has 0 bridgehead atoms. The fourth-order valence-electron chi connectivity index (χ4n) is 6.82.